The lowest BCUT2D eigenvalue weighted by Crippen LogP contribution is -2.26. The third-order valence-electron chi connectivity index (χ3n) is 3.96. The fourth-order valence-corrected chi connectivity index (χ4v) is 2.66. The molecule has 0 spiro atoms. The fourth-order valence-electron chi connectivity index (χ4n) is 2.66. The molecule has 4 nitrogen and oxygen atoms in total. The minimum atomic E-state index is -0.435. The highest BCUT2D eigenvalue weighted by molar-refractivity contribution is 5.88. The molecule has 0 saturated carbocycles. The van der Waals surface area contributed by atoms with E-state index in [4.69, 9.17) is 5.26 Å². The van der Waals surface area contributed by atoms with Gasteiger partial charge in [-0.25, -0.2) is 5.43 Å². The van der Waals surface area contributed by atoms with E-state index in [1.165, 1.54) is 0 Å². The lowest BCUT2D eigenvalue weighted by Gasteiger charge is -2.16. The SMILES string of the molecule is N#Cc1ccc(/C=N/NC(=O)C(c2ccccc2)c2ccccc2)cc1. The predicted octanol–water partition coefficient (Wildman–Crippen LogP) is 3.84. The van der Waals surface area contributed by atoms with Crippen LogP contribution in [-0.2, 0) is 4.79 Å². The van der Waals surface area contributed by atoms with Crippen molar-refractivity contribution in [1.82, 2.24) is 5.43 Å². The predicted molar refractivity (Wildman–Crippen MR) is 102 cm³/mol. The molecule has 1 N–H and O–H groups in total. The molecular weight excluding hydrogens is 322 g/mol. The number of nitrogens with zero attached hydrogens (tertiary/aromatic N) is 2. The van der Waals surface area contributed by atoms with Gasteiger partial charge in [0.15, 0.2) is 0 Å². The Bertz CT molecular complexity index is 887. The number of rotatable bonds is 5. The largest absolute Gasteiger partial charge is 0.272 e. The van der Waals surface area contributed by atoms with Gasteiger partial charge < -0.3 is 0 Å². The summed E-state index contributed by atoms with van der Waals surface area (Å²) in [5.74, 6) is -0.636. The van der Waals surface area contributed by atoms with E-state index >= 15 is 0 Å². The van der Waals surface area contributed by atoms with Gasteiger partial charge in [-0.3, -0.25) is 4.79 Å². The van der Waals surface area contributed by atoms with Crippen molar-refractivity contribution in [3.63, 3.8) is 0 Å². The van der Waals surface area contributed by atoms with E-state index in [0.717, 1.165) is 16.7 Å². The molecule has 0 aliphatic carbocycles. The van der Waals surface area contributed by atoms with Crippen LogP contribution in [0.25, 0.3) is 0 Å². The second kappa shape index (κ2) is 8.41. The maximum atomic E-state index is 12.8. The molecule has 0 saturated heterocycles. The molecule has 0 aromatic heterocycles. The molecule has 3 aromatic rings. The van der Waals surface area contributed by atoms with E-state index in [9.17, 15) is 4.79 Å². The lowest BCUT2D eigenvalue weighted by molar-refractivity contribution is -0.121. The number of benzene rings is 3. The Hall–Kier alpha value is -3.71. The van der Waals surface area contributed by atoms with Crippen molar-refractivity contribution >= 4 is 12.1 Å². The molecule has 1 amide bonds. The summed E-state index contributed by atoms with van der Waals surface area (Å²) >= 11 is 0. The van der Waals surface area contributed by atoms with Crippen LogP contribution < -0.4 is 5.43 Å². The van der Waals surface area contributed by atoms with Crippen LogP contribution in [0.3, 0.4) is 0 Å². The minimum Gasteiger partial charge on any atom is -0.272 e. The highest BCUT2D eigenvalue weighted by Crippen LogP contribution is 2.24. The van der Waals surface area contributed by atoms with Crippen molar-refractivity contribution in [2.24, 2.45) is 5.10 Å². The molecule has 0 atom stereocenters. The van der Waals surface area contributed by atoms with Crippen molar-refractivity contribution < 1.29 is 4.79 Å². The second-order valence-corrected chi connectivity index (χ2v) is 5.72. The number of hydrogen-bond acceptors (Lipinski definition) is 3. The van der Waals surface area contributed by atoms with Crippen molar-refractivity contribution in [1.29, 1.82) is 5.26 Å². The van der Waals surface area contributed by atoms with Gasteiger partial charge in [-0.2, -0.15) is 10.4 Å². The normalized spacial score (nSPS) is 10.6. The molecule has 0 heterocycles. The molecule has 4 heteroatoms. The number of hydrazone groups is 1. The van der Waals surface area contributed by atoms with Gasteiger partial charge in [-0.15, -0.1) is 0 Å². The first-order valence-corrected chi connectivity index (χ1v) is 8.21. The third kappa shape index (κ3) is 4.22. The van der Waals surface area contributed by atoms with E-state index in [-0.39, 0.29) is 5.91 Å². The molecule has 3 rings (SSSR count). The quantitative estimate of drug-likeness (QED) is 0.567. The Balaban J connectivity index is 1.77. The number of carbonyl (C=O) groups excluding carboxylic acids is 1. The molecule has 0 fully saturated rings. The summed E-state index contributed by atoms with van der Waals surface area (Å²) in [5, 5.41) is 12.9. The highest BCUT2D eigenvalue weighted by Gasteiger charge is 2.22. The van der Waals surface area contributed by atoms with Crippen LogP contribution in [0.15, 0.2) is 90.0 Å². The number of nitrogens with one attached hydrogen (secondary N) is 1. The molecule has 126 valence electrons. The van der Waals surface area contributed by atoms with Crippen molar-refractivity contribution in [3.8, 4) is 6.07 Å². The van der Waals surface area contributed by atoms with Gasteiger partial charge in [0.25, 0.3) is 5.91 Å². The molecule has 0 bridgehead atoms. The standard InChI is InChI=1S/C22H17N3O/c23-15-17-11-13-18(14-12-17)16-24-25-22(26)21(19-7-3-1-4-8-19)20-9-5-2-6-10-20/h1-14,16,21H,(H,25,26)/b24-16+. The third-order valence-corrected chi connectivity index (χ3v) is 3.96. The molecular formula is C22H17N3O. The number of amides is 1. The average molecular weight is 339 g/mol. The molecule has 26 heavy (non-hydrogen) atoms. The summed E-state index contributed by atoms with van der Waals surface area (Å²) in [6.45, 7) is 0. The molecule has 0 aliphatic heterocycles. The number of nitriles is 1. The van der Waals surface area contributed by atoms with Crippen molar-refractivity contribution in [3.05, 3.63) is 107 Å². The van der Waals surface area contributed by atoms with E-state index in [1.54, 1.807) is 30.5 Å². The van der Waals surface area contributed by atoms with Crippen LogP contribution >= 0.6 is 0 Å². The summed E-state index contributed by atoms with van der Waals surface area (Å²) in [6.07, 6.45) is 1.56. The number of hydrogen-bond donors (Lipinski definition) is 1. The Labute approximate surface area is 152 Å². The Morgan fingerprint density at radius 1 is 0.885 bits per heavy atom. The van der Waals surface area contributed by atoms with Crippen LogP contribution in [0, 0.1) is 11.3 Å². The summed E-state index contributed by atoms with van der Waals surface area (Å²) in [7, 11) is 0. The maximum absolute atomic E-state index is 12.8. The smallest absolute Gasteiger partial charge is 0.252 e. The van der Waals surface area contributed by atoms with E-state index < -0.39 is 5.92 Å². The summed E-state index contributed by atoms with van der Waals surface area (Å²) < 4.78 is 0. The summed E-state index contributed by atoms with van der Waals surface area (Å²) in [5.41, 5.74) is 5.83. The Kier molecular flexibility index (Phi) is 5.54. The van der Waals surface area contributed by atoms with Crippen LogP contribution in [0.2, 0.25) is 0 Å². The van der Waals surface area contributed by atoms with Gasteiger partial charge in [0.2, 0.25) is 0 Å². The van der Waals surface area contributed by atoms with E-state index in [2.05, 4.69) is 16.6 Å². The van der Waals surface area contributed by atoms with E-state index in [0.29, 0.717) is 5.56 Å². The zero-order valence-electron chi connectivity index (χ0n) is 14.0. The summed E-state index contributed by atoms with van der Waals surface area (Å²) in [6, 6.07) is 28.3. The zero-order valence-corrected chi connectivity index (χ0v) is 14.0. The van der Waals surface area contributed by atoms with E-state index in [1.807, 2.05) is 60.7 Å². The monoisotopic (exact) mass is 339 g/mol. The Morgan fingerprint density at radius 2 is 1.42 bits per heavy atom. The molecule has 0 radical (unpaired) electrons. The summed E-state index contributed by atoms with van der Waals surface area (Å²) in [4.78, 5) is 12.8. The average Bonchev–Trinajstić information content (AvgIpc) is 2.70. The Morgan fingerprint density at radius 3 is 1.92 bits per heavy atom. The van der Waals surface area contributed by atoms with Crippen molar-refractivity contribution in [2.75, 3.05) is 0 Å². The molecule has 0 unspecified atom stereocenters. The van der Waals surface area contributed by atoms with Gasteiger partial charge in [0.05, 0.1) is 23.8 Å². The van der Waals surface area contributed by atoms with Gasteiger partial charge in [0, 0.05) is 0 Å². The first-order chi connectivity index (χ1) is 12.8. The van der Waals surface area contributed by atoms with Crippen LogP contribution in [0.4, 0.5) is 0 Å². The molecule has 3 aromatic carbocycles. The topological polar surface area (TPSA) is 65.2 Å². The van der Waals surface area contributed by atoms with Gasteiger partial charge >= 0.3 is 0 Å². The minimum absolute atomic E-state index is 0.202. The van der Waals surface area contributed by atoms with Crippen LogP contribution in [0.1, 0.15) is 28.2 Å². The zero-order chi connectivity index (χ0) is 18.2. The molecule has 0 aliphatic rings. The second-order valence-electron chi connectivity index (χ2n) is 5.72. The van der Waals surface area contributed by atoms with Gasteiger partial charge in [0.1, 0.15) is 0 Å². The van der Waals surface area contributed by atoms with Gasteiger partial charge in [-0.1, -0.05) is 72.8 Å². The number of carbonyl (C=O) groups is 1. The first-order valence-electron chi connectivity index (χ1n) is 8.21. The lowest BCUT2D eigenvalue weighted by atomic mass is 9.91. The fraction of sp³-hybridized carbons (Fsp3) is 0.0455. The van der Waals surface area contributed by atoms with Crippen LogP contribution in [0.5, 0.6) is 0 Å². The van der Waals surface area contributed by atoms with Gasteiger partial charge in [-0.05, 0) is 28.8 Å². The van der Waals surface area contributed by atoms with Crippen LogP contribution in [-0.4, -0.2) is 12.1 Å². The van der Waals surface area contributed by atoms with Crippen molar-refractivity contribution in [2.45, 2.75) is 5.92 Å². The maximum Gasteiger partial charge on any atom is 0.252 e. The first kappa shape index (κ1) is 17.1. The highest BCUT2D eigenvalue weighted by atomic mass is 16.2.